The van der Waals surface area contributed by atoms with Gasteiger partial charge in [-0.2, -0.15) is 0 Å². The first-order valence-corrected chi connectivity index (χ1v) is 11.6. The molecule has 1 atom stereocenters. The topological polar surface area (TPSA) is 77.9 Å². The highest BCUT2D eigenvalue weighted by molar-refractivity contribution is 5.79. The Labute approximate surface area is 192 Å². The molecule has 1 saturated heterocycles. The first-order valence-electron chi connectivity index (χ1n) is 11.6. The Kier molecular flexibility index (Phi) is 10.2. The number of guanidine groups is 1. The van der Waals surface area contributed by atoms with Crippen LogP contribution in [0.2, 0.25) is 0 Å². The number of anilines is 1. The number of aliphatic imine (C=N–C) groups is 1. The molecule has 1 aliphatic heterocycles. The molecule has 174 valence electrons. The molecule has 2 heterocycles. The molecule has 1 fully saturated rings. The summed E-state index contributed by atoms with van der Waals surface area (Å²) in [6.45, 7) is 9.70. The Morgan fingerprint density at radius 2 is 1.69 bits per heavy atom. The number of rotatable bonds is 11. The lowest BCUT2D eigenvalue weighted by molar-refractivity contribution is 0.0646. The molecule has 0 radical (unpaired) electrons. The van der Waals surface area contributed by atoms with Gasteiger partial charge in [-0.05, 0) is 37.9 Å². The molecule has 0 amide bonds. The van der Waals surface area contributed by atoms with Crippen LogP contribution in [0.15, 0.2) is 53.8 Å². The lowest BCUT2D eigenvalue weighted by Crippen LogP contribution is -2.47. The van der Waals surface area contributed by atoms with Gasteiger partial charge in [0.05, 0.1) is 6.10 Å². The van der Waals surface area contributed by atoms with Crippen LogP contribution in [-0.4, -0.2) is 80.3 Å². The minimum atomic E-state index is 0.121. The Bertz CT molecular complexity index is 779. The third-order valence-electron chi connectivity index (χ3n) is 5.62. The molecule has 1 aromatic heterocycles. The maximum Gasteiger partial charge on any atom is 0.225 e. The average Bonchev–Trinajstić information content (AvgIpc) is 2.86. The van der Waals surface area contributed by atoms with E-state index in [0.29, 0.717) is 0 Å². The highest BCUT2D eigenvalue weighted by Gasteiger charge is 2.18. The van der Waals surface area contributed by atoms with Gasteiger partial charge in [0, 0.05) is 65.3 Å². The summed E-state index contributed by atoms with van der Waals surface area (Å²) in [7, 11) is 1.81. The quantitative estimate of drug-likeness (QED) is 0.316. The number of hydrogen-bond donors (Lipinski definition) is 2. The fourth-order valence-corrected chi connectivity index (χ4v) is 3.72. The van der Waals surface area contributed by atoms with Gasteiger partial charge in [0.15, 0.2) is 5.96 Å². The van der Waals surface area contributed by atoms with E-state index >= 15 is 0 Å². The summed E-state index contributed by atoms with van der Waals surface area (Å²) in [5.74, 6) is 1.69. The number of nitrogens with one attached hydrogen (secondary N) is 2. The zero-order chi connectivity index (χ0) is 22.4. The van der Waals surface area contributed by atoms with Gasteiger partial charge in [-0.25, -0.2) is 9.97 Å². The van der Waals surface area contributed by atoms with Crippen molar-refractivity contribution in [1.82, 2.24) is 25.5 Å². The normalized spacial score (nSPS) is 16.1. The standard InChI is InChI=1S/C24H37N7O/c1-21(22-9-4-3-5-10-22)32-20-8-14-27-23(25-2)26-13-7-15-30-16-18-31(19-17-30)24-28-11-6-12-29-24/h3-6,9-12,21H,7-8,13-20H2,1-2H3,(H2,25,26,27). The predicted molar refractivity (Wildman–Crippen MR) is 130 cm³/mol. The Morgan fingerprint density at radius 3 is 2.38 bits per heavy atom. The second kappa shape index (κ2) is 13.6. The molecule has 32 heavy (non-hydrogen) atoms. The van der Waals surface area contributed by atoms with Crippen molar-refractivity contribution in [1.29, 1.82) is 0 Å². The maximum absolute atomic E-state index is 5.93. The second-order valence-electron chi connectivity index (χ2n) is 7.93. The number of benzene rings is 1. The van der Waals surface area contributed by atoms with Gasteiger partial charge in [-0.15, -0.1) is 0 Å². The van der Waals surface area contributed by atoms with E-state index in [-0.39, 0.29) is 6.10 Å². The van der Waals surface area contributed by atoms with Crippen LogP contribution >= 0.6 is 0 Å². The molecule has 1 aromatic carbocycles. The minimum absolute atomic E-state index is 0.121. The summed E-state index contributed by atoms with van der Waals surface area (Å²) in [5.41, 5.74) is 1.22. The first-order chi connectivity index (χ1) is 15.8. The van der Waals surface area contributed by atoms with Crippen LogP contribution < -0.4 is 15.5 Å². The van der Waals surface area contributed by atoms with Crippen LogP contribution in [0.5, 0.6) is 0 Å². The highest BCUT2D eigenvalue weighted by atomic mass is 16.5. The van der Waals surface area contributed by atoms with Crippen molar-refractivity contribution in [2.75, 3.05) is 64.4 Å². The van der Waals surface area contributed by atoms with Crippen molar-refractivity contribution >= 4 is 11.9 Å². The van der Waals surface area contributed by atoms with Crippen molar-refractivity contribution in [2.45, 2.75) is 25.9 Å². The zero-order valence-corrected chi connectivity index (χ0v) is 19.4. The van der Waals surface area contributed by atoms with Crippen LogP contribution in [0.25, 0.3) is 0 Å². The van der Waals surface area contributed by atoms with E-state index in [1.165, 1.54) is 5.56 Å². The third-order valence-corrected chi connectivity index (χ3v) is 5.62. The van der Waals surface area contributed by atoms with E-state index in [2.05, 4.69) is 54.5 Å². The Hall–Kier alpha value is -2.71. The predicted octanol–water partition coefficient (Wildman–Crippen LogP) is 2.32. The van der Waals surface area contributed by atoms with Gasteiger partial charge in [-0.1, -0.05) is 30.3 Å². The SMILES string of the molecule is CN=C(NCCCOC(C)c1ccccc1)NCCCN1CCN(c2ncccn2)CC1. The van der Waals surface area contributed by atoms with Gasteiger partial charge in [0.1, 0.15) is 0 Å². The highest BCUT2D eigenvalue weighted by Crippen LogP contribution is 2.15. The van der Waals surface area contributed by atoms with Gasteiger partial charge in [0.2, 0.25) is 5.95 Å². The van der Waals surface area contributed by atoms with Gasteiger partial charge >= 0.3 is 0 Å². The van der Waals surface area contributed by atoms with Crippen LogP contribution in [0.3, 0.4) is 0 Å². The van der Waals surface area contributed by atoms with E-state index in [1.54, 1.807) is 12.4 Å². The smallest absolute Gasteiger partial charge is 0.225 e. The Morgan fingerprint density at radius 1 is 1.00 bits per heavy atom. The molecule has 2 aromatic rings. The number of hydrogen-bond acceptors (Lipinski definition) is 6. The molecule has 1 unspecified atom stereocenters. The lowest BCUT2D eigenvalue weighted by atomic mass is 10.1. The van der Waals surface area contributed by atoms with E-state index in [1.807, 2.05) is 31.3 Å². The number of piperazine rings is 1. The van der Waals surface area contributed by atoms with Crippen molar-refractivity contribution in [3.63, 3.8) is 0 Å². The second-order valence-corrected chi connectivity index (χ2v) is 7.93. The van der Waals surface area contributed by atoms with Gasteiger partial charge in [-0.3, -0.25) is 9.89 Å². The van der Waals surface area contributed by atoms with Crippen molar-refractivity contribution in [2.24, 2.45) is 4.99 Å². The third kappa shape index (κ3) is 8.09. The molecule has 8 nitrogen and oxygen atoms in total. The Balaban J connectivity index is 1.21. The van der Waals surface area contributed by atoms with Crippen LogP contribution in [0, 0.1) is 0 Å². The molecule has 3 rings (SSSR count). The fraction of sp³-hybridized carbons (Fsp3) is 0.542. The number of aromatic nitrogens is 2. The molecule has 0 saturated carbocycles. The zero-order valence-electron chi connectivity index (χ0n) is 19.4. The largest absolute Gasteiger partial charge is 0.374 e. The minimum Gasteiger partial charge on any atom is -0.374 e. The van der Waals surface area contributed by atoms with Gasteiger partial charge < -0.3 is 20.3 Å². The fourth-order valence-electron chi connectivity index (χ4n) is 3.72. The maximum atomic E-state index is 5.93. The average molecular weight is 440 g/mol. The van der Waals surface area contributed by atoms with E-state index in [4.69, 9.17) is 4.74 Å². The summed E-state index contributed by atoms with van der Waals surface area (Å²) in [6.07, 6.45) is 5.75. The summed E-state index contributed by atoms with van der Waals surface area (Å²) in [5, 5.41) is 6.78. The molecular weight excluding hydrogens is 402 g/mol. The molecule has 0 aliphatic carbocycles. The first kappa shape index (κ1) is 23.9. The summed E-state index contributed by atoms with van der Waals surface area (Å²) < 4.78 is 5.93. The van der Waals surface area contributed by atoms with Gasteiger partial charge in [0.25, 0.3) is 0 Å². The van der Waals surface area contributed by atoms with Crippen molar-refractivity contribution in [3.8, 4) is 0 Å². The van der Waals surface area contributed by atoms with E-state index < -0.39 is 0 Å². The summed E-state index contributed by atoms with van der Waals surface area (Å²) in [6, 6.07) is 12.2. The van der Waals surface area contributed by atoms with Crippen LogP contribution in [0.1, 0.15) is 31.4 Å². The van der Waals surface area contributed by atoms with Crippen molar-refractivity contribution < 1.29 is 4.74 Å². The molecule has 0 spiro atoms. The number of nitrogens with zero attached hydrogens (tertiary/aromatic N) is 5. The van der Waals surface area contributed by atoms with E-state index in [0.717, 1.165) is 77.2 Å². The summed E-state index contributed by atoms with van der Waals surface area (Å²) in [4.78, 5) is 17.8. The van der Waals surface area contributed by atoms with E-state index in [9.17, 15) is 0 Å². The lowest BCUT2D eigenvalue weighted by Gasteiger charge is -2.34. The molecule has 8 heteroatoms. The molecule has 0 bridgehead atoms. The van der Waals surface area contributed by atoms with Crippen LogP contribution in [0.4, 0.5) is 5.95 Å². The van der Waals surface area contributed by atoms with Crippen LogP contribution in [-0.2, 0) is 4.74 Å². The summed E-state index contributed by atoms with van der Waals surface area (Å²) >= 11 is 0. The van der Waals surface area contributed by atoms with Crippen molar-refractivity contribution in [3.05, 3.63) is 54.4 Å². The monoisotopic (exact) mass is 439 g/mol. The molecular formula is C24H37N7O. The number of ether oxygens (including phenoxy) is 1. The molecule has 2 N–H and O–H groups in total. The molecule has 1 aliphatic rings.